The lowest BCUT2D eigenvalue weighted by atomic mass is 9.85. The fraction of sp³-hybridized carbons (Fsp3) is 0.579. The molecule has 5 heteroatoms. The molecule has 2 atom stereocenters. The largest absolute Gasteiger partial charge is 0.396 e. The summed E-state index contributed by atoms with van der Waals surface area (Å²) in [5.41, 5.74) is 0.927. The van der Waals surface area contributed by atoms with Gasteiger partial charge in [0.25, 0.3) is 0 Å². The molecular weight excluding hydrogens is 320 g/mol. The van der Waals surface area contributed by atoms with E-state index >= 15 is 0 Å². The molecule has 1 fully saturated rings. The Labute approximate surface area is 147 Å². The summed E-state index contributed by atoms with van der Waals surface area (Å²) in [5.74, 6) is 0.117. The van der Waals surface area contributed by atoms with Gasteiger partial charge in [-0.2, -0.15) is 0 Å². The molecule has 2 N–H and O–H groups in total. The number of para-hydroxylation sites is 1. The summed E-state index contributed by atoms with van der Waals surface area (Å²) in [6.07, 6.45) is 6.41. The number of rotatable bonds is 7. The summed E-state index contributed by atoms with van der Waals surface area (Å²) in [6, 6.07) is 8.32. The number of benzene rings is 1. The first kappa shape index (κ1) is 17.4. The van der Waals surface area contributed by atoms with Crippen molar-refractivity contribution in [3.8, 4) is 0 Å². The zero-order valence-corrected chi connectivity index (χ0v) is 15.1. The lowest BCUT2D eigenvalue weighted by Gasteiger charge is -2.30. The third-order valence-corrected chi connectivity index (χ3v) is 6.26. The van der Waals surface area contributed by atoms with Gasteiger partial charge in [-0.3, -0.25) is 4.79 Å². The molecule has 1 aromatic carbocycles. The van der Waals surface area contributed by atoms with Crippen LogP contribution in [0.1, 0.15) is 50.5 Å². The highest BCUT2D eigenvalue weighted by Crippen LogP contribution is 2.37. The molecule has 0 saturated heterocycles. The number of aryl methyl sites for hydroxylation is 1. The maximum Gasteiger partial charge on any atom is 0.220 e. The zero-order valence-electron chi connectivity index (χ0n) is 14.3. The summed E-state index contributed by atoms with van der Waals surface area (Å²) in [5, 5.41) is 13.8. The molecule has 130 valence electrons. The van der Waals surface area contributed by atoms with Crippen LogP contribution in [0.2, 0.25) is 0 Å². The number of unbranched alkanes of at least 4 members (excludes halogenated alkanes) is 1. The lowest BCUT2D eigenvalue weighted by molar-refractivity contribution is -0.122. The number of aromatic nitrogens is 1. The van der Waals surface area contributed by atoms with Crippen LogP contribution in [-0.4, -0.2) is 28.6 Å². The lowest BCUT2D eigenvalue weighted by Crippen LogP contribution is -2.44. The number of aliphatic hydroxyl groups is 1. The first-order valence-electron chi connectivity index (χ1n) is 8.85. The number of hydrogen-bond acceptors (Lipinski definition) is 4. The zero-order chi connectivity index (χ0) is 17.0. The smallest absolute Gasteiger partial charge is 0.220 e. The number of carbonyl (C=O) groups is 1. The van der Waals surface area contributed by atoms with E-state index in [1.807, 2.05) is 18.2 Å². The quantitative estimate of drug-likeness (QED) is 0.752. The highest BCUT2D eigenvalue weighted by molar-refractivity contribution is 7.18. The summed E-state index contributed by atoms with van der Waals surface area (Å²) in [7, 11) is 0. The van der Waals surface area contributed by atoms with Crippen LogP contribution in [-0.2, 0) is 11.2 Å². The van der Waals surface area contributed by atoms with Gasteiger partial charge in [0.2, 0.25) is 5.91 Å². The van der Waals surface area contributed by atoms with Crippen molar-refractivity contribution in [3.63, 3.8) is 0 Å². The highest BCUT2D eigenvalue weighted by Gasteiger charge is 2.38. The Kier molecular flexibility index (Phi) is 5.51. The van der Waals surface area contributed by atoms with Gasteiger partial charge >= 0.3 is 0 Å². The van der Waals surface area contributed by atoms with Crippen LogP contribution in [0.3, 0.4) is 0 Å². The van der Waals surface area contributed by atoms with Gasteiger partial charge in [-0.25, -0.2) is 4.98 Å². The molecule has 1 aliphatic carbocycles. The SMILES string of the molecule is CC1(CO)CCCC1NC(=O)CCCCc1nc2ccccc2s1. The van der Waals surface area contributed by atoms with Gasteiger partial charge in [-0.05, 0) is 44.2 Å². The van der Waals surface area contributed by atoms with Crippen LogP contribution in [0.25, 0.3) is 10.2 Å². The molecular formula is C19H26N2O2S. The van der Waals surface area contributed by atoms with Crippen LogP contribution in [0, 0.1) is 5.41 Å². The van der Waals surface area contributed by atoms with Gasteiger partial charge in [0.05, 0.1) is 21.8 Å². The van der Waals surface area contributed by atoms with Crippen molar-refractivity contribution in [1.82, 2.24) is 10.3 Å². The van der Waals surface area contributed by atoms with Gasteiger partial charge in [-0.1, -0.05) is 25.5 Å². The minimum absolute atomic E-state index is 0.117. The van der Waals surface area contributed by atoms with Gasteiger partial charge in [0.1, 0.15) is 0 Å². The fourth-order valence-electron chi connectivity index (χ4n) is 3.52. The Morgan fingerprint density at radius 3 is 3.04 bits per heavy atom. The molecule has 1 amide bonds. The maximum absolute atomic E-state index is 12.1. The van der Waals surface area contributed by atoms with Crippen molar-refractivity contribution >= 4 is 27.5 Å². The number of thiazole rings is 1. The average molecular weight is 346 g/mol. The van der Waals surface area contributed by atoms with E-state index in [0.29, 0.717) is 6.42 Å². The molecule has 1 aromatic heterocycles. The summed E-state index contributed by atoms with van der Waals surface area (Å²) in [6.45, 7) is 2.22. The van der Waals surface area contributed by atoms with Crippen molar-refractivity contribution in [2.75, 3.05) is 6.61 Å². The molecule has 0 radical (unpaired) electrons. The fourth-order valence-corrected chi connectivity index (χ4v) is 4.53. The number of aliphatic hydroxyl groups excluding tert-OH is 1. The topological polar surface area (TPSA) is 62.2 Å². The first-order chi connectivity index (χ1) is 11.6. The van der Waals surface area contributed by atoms with Crippen molar-refractivity contribution < 1.29 is 9.90 Å². The Balaban J connectivity index is 1.40. The molecule has 2 aromatic rings. The third kappa shape index (κ3) is 3.95. The van der Waals surface area contributed by atoms with Gasteiger partial charge in [0, 0.05) is 17.9 Å². The molecule has 24 heavy (non-hydrogen) atoms. The molecule has 3 rings (SSSR count). The van der Waals surface area contributed by atoms with E-state index in [1.165, 1.54) is 4.70 Å². The van der Waals surface area contributed by atoms with E-state index in [1.54, 1.807) is 11.3 Å². The van der Waals surface area contributed by atoms with Crippen LogP contribution in [0.5, 0.6) is 0 Å². The second-order valence-corrected chi connectivity index (χ2v) is 8.22. The van der Waals surface area contributed by atoms with Gasteiger partial charge < -0.3 is 10.4 Å². The van der Waals surface area contributed by atoms with Gasteiger partial charge in [-0.15, -0.1) is 11.3 Å². The Morgan fingerprint density at radius 2 is 2.25 bits per heavy atom. The van der Waals surface area contributed by atoms with Crippen molar-refractivity contribution in [1.29, 1.82) is 0 Å². The van der Waals surface area contributed by atoms with E-state index in [2.05, 4.69) is 23.3 Å². The molecule has 4 nitrogen and oxygen atoms in total. The number of nitrogens with zero attached hydrogens (tertiary/aromatic N) is 1. The average Bonchev–Trinajstić information content (AvgIpc) is 3.15. The second kappa shape index (κ2) is 7.62. The van der Waals surface area contributed by atoms with E-state index in [4.69, 9.17) is 0 Å². The number of hydrogen-bond donors (Lipinski definition) is 2. The predicted molar refractivity (Wildman–Crippen MR) is 98.1 cm³/mol. The van der Waals surface area contributed by atoms with E-state index in [-0.39, 0.29) is 24.0 Å². The van der Waals surface area contributed by atoms with Crippen molar-refractivity contribution in [3.05, 3.63) is 29.3 Å². The van der Waals surface area contributed by atoms with Crippen LogP contribution >= 0.6 is 11.3 Å². The minimum Gasteiger partial charge on any atom is -0.396 e. The number of carbonyl (C=O) groups excluding carboxylic acids is 1. The second-order valence-electron chi connectivity index (χ2n) is 7.11. The van der Waals surface area contributed by atoms with Gasteiger partial charge in [0.15, 0.2) is 0 Å². The highest BCUT2D eigenvalue weighted by atomic mass is 32.1. The van der Waals surface area contributed by atoms with Crippen molar-refractivity contribution in [2.45, 2.75) is 57.9 Å². The molecule has 0 aliphatic heterocycles. The molecule has 2 unspecified atom stereocenters. The van der Waals surface area contributed by atoms with E-state index < -0.39 is 0 Å². The van der Waals surface area contributed by atoms with Crippen LogP contribution < -0.4 is 5.32 Å². The van der Waals surface area contributed by atoms with Crippen molar-refractivity contribution in [2.24, 2.45) is 5.41 Å². The maximum atomic E-state index is 12.1. The molecule has 0 spiro atoms. The predicted octanol–water partition coefficient (Wildman–Crippen LogP) is 3.68. The van der Waals surface area contributed by atoms with E-state index in [0.717, 1.165) is 49.0 Å². The van der Waals surface area contributed by atoms with Crippen LogP contribution in [0.15, 0.2) is 24.3 Å². The Bertz CT molecular complexity index is 666. The number of nitrogens with one attached hydrogen (secondary N) is 1. The minimum atomic E-state index is -0.142. The summed E-state index contributed by atoms with van der Waals surface area (Å²) >= 11 is 1.75. The number of amides is 1. The van der Waals surface area contributed by atoms with Crippen LogP contribution in [0.4, 0.5) is 0 Å². The molecule has 0 bridgehead atoms. The molecule has 1 aliphatic rings. The Morgan fingerprint density at radius 1 is 1.42 bits per heavy atom. The standard InChI is InChI=1S/C19H26N2O2S/c1-19(13-22)12-6-9-16(19)21-17(23)10-4-5-11-18-20-14-7-2-3-8-15(14)24-18/h2-3,7-8,16,22H,4-6,9-13H2,1H3,(H,21,23). The summed E-state index contributed by atoms with van der Waals surface area (Å²) < 4.78 is 1.23. The Hall–Kier alpha value is -1.46. The normalized spacial score (nSPS) is 23.7. The third-order valence-electron chi connectivity index (χ3n) is 5.16. The monoisotopic (exact) mass is 346 g/mol. The number of fused-ring (bicyclic) bond motifs is 1. The van der Waals surface area contributed by atoms with E-state index in [9.17, 15) is 9.90 Å². The molecule has 1 saturated carbocycles. The molecule has 1 heterocycles. The summed E-state index contributed by atoms with van der Waals surface area (Å²) in [4.78, 5) is 16.8. The first-order valence-corrected chi connectivity index (χ1v) is 9.67.